The van der Waals surface area contributed by atoms with E-state index in [4.69, 9.17) is 0 Å². The first-order valence-electron chi connectivity index (χ1n) is 7.92. The van der Waals surface area contributed by atoms with Crippen molar-refractivity contribution in [2.24, 2.45) is 13.0 Å². The second-order valence-electron chi connectivity index (χ2n) is 6.13. The quantitative estimate of drug-likeness (QED) is 0.744. The molecule has 1 amide bonds. The van der Waals surface area contributed by atoms with Crippen LogP contribution in [0.4, 0.5) is 5.69 Å². The second-order valence-corrected chi connectivity index (χ2v) is 6.13. The Hall–Kier alpha value is -2.12. The van der Waals surface area contributed by atoms with Crippen LogP contribution in [0.25, 0.3) is 0 Å². The SMILES string of the molecule is C=CC(=O)NCC1CN2NCCC2N(c2ccn(C)c(=O)c2)C1. The van der Waals surface area contributed by atoms with Crippen LogP contribution in [0.2, 0.25) is 0 Å². The number of aryl methyl sites for hydroxylation is 1. The number of carbonyl (C=O) groups excluding carboxylic acids is 1. The van der Waals surface area contributed by atoms with Crippen molar-refractivity contribution in [2.75, 3.05) is 31.1 Å². The van der Waals surface area contributed by atoms with E-state index in [2.05, 4.69) is 27.2 Å². The number of nitrogens with zero attached hydrogens (tertiary/aromatic N) is 3. The van der Waals surface area contributed by atoms with Crippen molar-refractivity contribution in [1.29, 1.82) is 0 Å². The molecule has 2 unspecified atom stereocenters. The highest BCUT2D eigenvalue weighted by Crippen LogP contribution is 2.27. The number of rotatable bonds is 4. The lowest BCUT2D eigenvalue weighted by Gasteiger charge is -2.44. The molecule has 0 aliphatic carbocycles. The van der Waals surface area contributed by atoms with Gasteiger partial charge in [0.15, 0.2) is 0 Å². The Bertz CT molecular complexity index is 656. The fraction of sp³-hybridized carbons (Fsp3) is 0.500. The number of aromatic nitrogens is 1. The highest BCUT2D eigenvalue weighted by Gasteiger charge is 2.37. The normalized spacial score (nSPS) is 24.3. The van der Waals surface area contributed by atoms with Crippen molar-refractivity contribution < 1.29 is 4.79 Å². The molecule has 2 saturated heterocycles. The van der Waals surface area contributed by atoms with Crippen molar-refractivity contribution in [1.82, 2.24) is 20.3 Å². The molecule has 0 saturated carbocycles. The summed E-state index contributed by atoms with van der Waals surface area (Å²) < 4.78 is 1.57. The summed E-state index contributed by atoms with van der Waals surface area (Å²) in [5.74, 6) is 0.131. The van der Waals surface area contributed by atoms with Crippen molar-refractivity contribution in [3.63, 3.8) is 0 Å². The summed E-state index contributed by atoms with van der Waals surface area (Å²) in [7, 11) is 1.75. The first kappa shape index (κ1) is 15.8. The van der Waals surface area contributed by atoms with Gasteiger partial charge in [0.1, 0.15) is 0 Å². The summed E-state index contributed by atoms with van der Waals surface area (Å²) in [6.45, 7) is 6.69. The number of hydrogen-bond donors (Lipinski definition) is 2. The minimum absolute atomic E-state index is 0.0120. The predicted molar refractivity (Wildman–Crippen MR) is 88.8 cm³/mol. The number of carbonyl (C=O) groups is 1. The van der Waals surface area contributed by atoms with E-state index in [1.165, 1.54) is 6.08 Å². The Labute approximate surface area is 135 Å². The minimum atomic E-state index is -0.151. The zero-order chi connectivity index (χ0) is 16.4. The maximum atomic E-state index is 11.9. The number of hydrazine groups is 1. The van der Waals surface area contributed by atoms with Gasteiger partial charge in [-0.1, -0.05) is 6.58 Å². The second kappa shape index (κ2) is 6.55. The number of fused-ring (bicyclic) bond motifs is 1. The summed E-state index contributed by atoms with van der Waals surface area (Å²) in [6, 6.07) is 3.66. The van der Waals surface area contributed by atoms with Gasteiger partial charge in [0.2, 0.25) is 5.91 Å². The Morgan fingerprint density at radius 2 is 2.35 bits per heavy atom. The van der Waals surface area contributed by atoms with E-state index in [1.54, 1.807) is 23.9 Å². The molecule has 2 aliphatic rings. The van der Waals surface area contributed by atoms with Crippen LogP contribution in [0.15, 0.2) is 35.8 Å². The smallest absolute Gasteiger partial charge is 0.252 e. The lowest BCUT2D eigenvalue weighted by molar-refractivity contribution is -0.116. The molecule has 2 aliphatic heterocycles. The van der Waals surface area contributed by atoms with Gasteiger partial charge in [-0.3, -0.25) is 15.0 Å². The maximum Gasteiger partial charge on any atom is 0.252 e. The third-order valence-electron chi connectivity index (χ3n) is 4.52. The number of nitrogens with one attached hydrogen (secondary N) is 2. The Morgan fingerprint density at radius 3 is 3.09 bits per heavy atom. The zero-order valence-electron chi connectivity index (χ0n) is 13.4. The Morgan fingerprint density at radius 1 is 1.52 bits per heavy atom. The van der Waals surface area contributed by atoms with Crippen LogP contribution in [0.5, 0.6) is 0 Å². The van der Waals surface area contributed by atoms with Gasteiger partial charge in [-0.25, -0.2) is 5.01 Å². The highest BCUT2D eigenvalue weighted by atomic mass is 16.1. The molecule has 3 rings (SSSR count). The largest absolute Gasteiger partial charge is 0.354 e. The van der Waals surface area contributed by atoms with Gasteiger partial charge >= 0.3 is 0 Å². The number of pyridine rings is 1. The molecule has 1 aromatic heterocycles. The molecule has 23 heavy (non-hydrogen) atoms. The average molecular weight is 317 g/mol. The molecule has 0 bridgehead atoms. The van der Waals surface area contributed by atoms with Crippen molar-refractivity contribution in [3.05, 3.63) is 41.3 Å². The van der Waals surface area contributed by atoms with E-state index < -0.39 is 0 Å². The lowest BCUT2D eigenvalue weighted by Crippen LogP contribution is -2.59. The zero-order valence-corrected chi connectivity index (χ0v) is 13.4. The molecule has 3 heterocycles. The van der Waals surface area contributed by atoms with Gasteiger partial charge in [-0.2, -0.15) is 0 Å². The van der Waals surface area contributed by atoms with Crippen LogP contribution in [0.3, 0.4) is 0 Å². The van der Waals surface area contributed by atoms with E-state index in [9.17, 15) is 9.59 Å². The third-order valence-corrected chi connectivity index (χ3v) is 4.52. The molecule has 0 aromatic carbocycles. The average Bonchev–Trinajstić information content (AvgIpc) is 3.02. The van der Waals surface area contributed by atoms with E-state index in [1.807, 2.05) is 6.07 Å². The van der Waals surface area contributed by atoms with Gasteiger partial charge < -0.3 is 14.8 Å². The van der Waals surface area contributed by atoms with Crippen molar-refractivity contribution in [2.45, 2.75) is 12.6 Å². The summed E-state index contributed by atoms with van der Waals surface area (Å²) >= 11 is 0. The van der Waals surface area contributed by atoms with Gasteiger partial charge in [0, 0.05) is 57.1 Å². The molecule has 2 N–H and O–H groups in total. The highest BCUT2D eigenvalue weighted by molar-refractivity contribution is 5.86. The molecule has 2 fully saturated rings. The Kier molecular flexibility index (Phi) is 4.49. The lowest BCUT2D eigenvalue weighted by atomic mass is 10.0. The molecular formula is C16H23N5O2. The fourth-order valence-corrected chi connectivity index (χ4v) is 3.28. The van der Waals surface area contributed by atoms with Crippen LogP contribution in [-0.4, -0.2) is 47.8 Å². The van der Waals surface area contributed by atoms with Crippen LogP contribution >= 0.6 is 0 Å². The maximum absolute atomic E-state index is 11.9. The molecule has 1 aromatic rings. The van der Waals surface area contributed by atoms with Gasteiger partial charge in [-0.05, 0) is 18.6 Å². The van der Waals surface area contributed by atoms with Crippen LogP contribution in [0, 0.1) is 5.92 Å². The standard InChI is InChI=1S/C16H23N5O2/c1-3-14(22)17-9-12-10-20(15-4-6-18-21(15)11-12)13-5-7-19(2)16(23)8-13/h3,5,7-8,12,15,18H,1,4,6,9-11H2,2H3,(H,17,22). The van der Waals surface area contributed by atoms with E-state index >= 15 is 0 Å². The number of hydrogen-bond acceptors (Lipinski definition) is 5. The summed E-state index contributed by atoms with van der Waals surface area (Å²) in [6.07, 6.45) is 4.36. The number of amides is 1. The summed E-state index contributed by atoms with van der Waals surface area (Å²) in [5.41, 5.74) is 4.32. The predicted octanol–water partition coefficient (Wildman–Crippen LogP) is -0.340. The van der Waals surface area contributed by atoms with Gasteiger partial charge in [-0.15, -0.1) is 0 Å². The first-order valence-corrected chi connectivity index (χ1v) is 7.92. The molecule has 7 heteroatoms. The monoisotopic (exact) mass is 317 g/mol. The summed E-state index contributed by atoms with van der Waals surface area (Å²) in [5, 5.41) is 5.08. The summed E-state index contributed by atoms with van der Waals surface area (Å²) in [4.78, 5) is 25.6. The topological polar surface area (TPSA) is 69.6 Å². The molecule has 0 radical (unpaired) electrons. The van der Waals surface area contributed by atoms with E-state index in [0.717, 1.165) is 31.7 Å². The van der Waals surface area contributed by atoms with Gasteiger partial charge in [0.05, 0.1) is 6.17 Å². The molecule has 7 nitrogen and oxygen atoms in total. The van der Waals surface area contributed by atoms with Crippen LogP contribution in [-0.2, 0) is 11.8 Å². The Balaban J connectivity index is 1.78. The molecular weight excluding hydrogens is 294 g/mol. The fourth-order valence-electron chi connectivity index (χ4n) is 3.28. The van der Waals surface area contributed by atoms with Crippen LogP contribution in [0.1, 0.15) is 6.42 Å². The first-order chi connectivity index (χ1) is 11.1. The van der Waals surface area contributed by atoms with Crippen molar-refractivity contribution >= 4 is 11.6 Å². The molecule has 2 atom stereocenters. The number of anilines is 1. The third kappa shape index (κ3) is 3.30. The van der Waals surface area contributed by atoms with Crippen molar-refractivity contribution in [3.8, 4) is 0 Å². The molecule has 0 spiro atoms. The molecule has 124 valence electrons. The van der Waals surface area contributed by atoms with E-state index in [0.29, 0.717) is 6.54 Å². The minimum Gasteiger partial charge on any atom is -0.354 e. The van der Waals surface area contributed by atoms with E-state index in [-0.39, 0.29) is 23.6 Å². The van der Waals surface area contributed by atoms with Gasteiger partial charge in [0.25, 0.3) is 5.56 Å². The van der Waals surface area contributed by atoms with Crippen LogP contribution < -0.4 is 21.2 Å².